The fraction of sp³-hybridized carbons (Fsp3) is 0.286. The van der Waals surface area contributed by atoms with Gasteiger partial charge in [0.05, 0.1) is 11.0 Å². The number of nitrogens with zero attached hydrogens (tertiary/aromatic N) is 2. The van der Waals surface area contributed by atoms with Gasteiger partial charge in [0.25, 0.3) is 11.6 Å². The molecule has 1 amide bonds. The second-order valence-electron chi connectivity index (χ2n) is 6.96. The molecule has 6 nitrogen and oxygen atoms in total. The van der Waals surface area contributed by atoms with Crippen molar-refractivity contribution in [2.24, 2.45) is 0 Å². The summed E-state index contributed by atoms with van der Waals surface area (Å²) in [7, 11) is 0. The van der Waals surface area contributed by atoms with Gasteiger partial charge in [-0.2, -0.15) is 0 Å². The summed E-state index contributed by atoms with van der Waals surface area (Å²) in [6, 6.07) is 13.7. The van der Waals surface area contributed by atoms with Crippen LogP contribution in [-0.2, 0) is 16.0 Å². The molecule has 0 aromatic heterocycles. The highest BCUT2D eigenvalue weighted by molar-refractivity contribution is 5.82. The predicted molar refractivity (Wildman–Crippen MR) is 99.3 cm³/mol. The van der Waals surface area contributed by atoms with E-state index < -0.39 is 11.0 Å². The molecule has 0 saturated heterocycles. The Balaban J connectivity index is 1.66. The average Bonchev–Trinajstić information content (AvgIpc) is 2.73. The molecule has 0 N–H and O–H groups in total. The highest BCUT2D eigenvalue weighted by atomic mass is 19.1. The van der Waals surface area contributed by atoms with Crippen LogP contribution in [0.3, 0.4) is 0 Å². The van der Waals surface area contributed by atoms with Crippen LogP contribution in [0.5, 0.6) is 0 Å². The summed E-state index contributed by atoms with van der Waals surface area (Å²) in [4.78, 5) is 25.3. The number of halogens is 1. The minimum Gasteiger partial charge on any atom is -0.481 e. The van der Waals surface area contributed by atoms with Gasteiger partial charge in [0.1, 0.15) is 5.82 Å². The van der Waals surface area contributed by atoms with Crippen LogP contribution in [0.15, 0.2) is 60.5 Å². The average molecular weight is 382 g/mol. The normalized spacial score (nSPS) is 21.3. The Hall–Kier alpha value is -3.22. The fourth-order valence-electron chi connectivity index (χ4n) is 3.88. The van der Waals surface area contributed by atoms with E-state index in [0.29, 0.717) is 13.0 Å². The van der Waals surface area contributed by atoms with Crippen molar-refractivity contribution in [3.8, 4) is 0 Å². The van der Waals surface area contributed by atoms with Gasteiger partial charge >= 0.3 is 0 Å². The molecule has 4 rings (SSSR count). The Labute approximate surface area is 161 Å². The van der Waals surface area contributed by atoms with E-state index in [1.807, 2.05) is 24.3 Å². The first kappa shape index (κ1) is 18.2. The van der Waals surface area contributed by atoms with Crippen LogP contribution in [0.25, 0.3) is 0 Å². The standard InChI is InChI=1S/C21H19FN2O4/c22-16-7-5-15(6-8-16)20-18-4-2-1-3-14(18)11-12-23(20)21(25)19-10-9-17(13-28-19)24(26)27/h1-8,13,19-20H,9-12H2/t19-,20-/m0/s1. The van der Waals surface area contributed by atoms with Crippen molar-refractivity contribution in [2.75, 3.05) is 6.54 Å². The van der Waals surface area contributed by atoms with Crippen molar-refractivity contribution in [1.29, 1.82) is 0 Å². The van der Waals surface area contributed by atoms with Crippen molar-refractivity contribution < 1.29 is 18.8 Å². The monoisotopic (exact) mass is 382 g/mol. The molecular formula is C21H19FN2O4. The summed E-state index contributed by atoms with van der Waals surface area (Å²) in [6.07, 6.45) is 1.49. The van der Waals surface area contributed by atoms with E-state index in [9.17, 15) is 19.3 Å². The number of carbonyl (C=O) groups is 1. The van der Waals surface area contributed by atoms with Gasteiger partial charge in [-0.1, -0.05) is 36.4 Å². The Bertz CT molecular complexity index is 942. The molecule has 144 valence electrons. The van der Waals surface area contributed by atoms with Gasteiger partial charge in [-0.3, -0.25) is 14.9 Å². The molecule has 0 spiro atoms. The maximum Gasteiger partial charge on any atom is 0.280 e. The molecule has 0 fully saturated rings. The zero-order valence-electron chi connectivity index (χ0n) is 15.1. The second kappa shape index (κ2) is 7.42. The third-order valence-electron chi connectivity index (χ3n) is 5.29. The van der Waals surface area contributed by atoms with Crippen molar-refractivity contribution in [1.82, 2.24) is 4.90 Å². The summed E-state index contributed by atoms with van der Waals surface area (Å²) in [5.41, 5.74) is 2.95. The number of hydrogen-bond acceptors (Lipinski definition) is 4. The van der Waals surface area contributed by atoms with E-state index in [-0.39, 0.29) is 36.3 Å². The van der Waals surface area contributed by atoms with Gasteiger partial charge in [-0.05, 0) is 35.2 Å². The third-order valence-corrected chi connectivity index (χ3v) is 5.29. The van der Waals surface area contributed by atoms with Crippen LogP contribution in [0.4, 0.5) is 4.39 Å². The molecule has 2 atom stereocenters. The van der Waals surface area contributed by atoms with Crippen LogP contribution >= 0.6 is 0 Å². The Morgan fingerprint density at radius 2 is 1.89 bits per heavy atom. The number of nitro groups is 1. The van der Waals surface area contributed by atoms with E-state index >= 15 is 0 Å². The largest absolute Gasteiger partial charge is 0.481 e. The SMILES string of the molecule is O=C([C@@H]1CCC([N+](=O)[O-])=CO1)N1CCc2ccccc2[C@@H]1c1ccc(F)cc1. The lowest BCUT2D eigenvalue weighted by Gasteiger charge is -2.39. The van der Waals surface area contributed by atoms with Crippen molar-refractivity contribution in [2.45, 2.75) is 31.4 Å². The number of fused-ring (bicyclic) bond motifs is 1. The van der Waals surface area contributed by atoms with Crippen molar-refractivity contribution in [3.63, 3.8) is 0 Å². The van der Waals surface area contributed by atoms with Crippen LogP contribution < -0.4 is 0 Å². The molecule has 0 saturated carbocycles. The first-order chi connectivity index (χ1) is 13.5. The number of benzene rings is 2. The Morgan fingerprint density at radius 3 is 2.57 bits per heavy atom. The van der Waals surface area contributed by atoms with Gasteiger partial charge in [0.15, 0.2) is 12.4 Å². The number of rotatable bonds is 3. The molecule has 2 aromatic carbocycles. The van der Waals surface area contributed by atoms with Crippen LogP contribution in [-0.4, -0.2) is 28.4 Å². The number of allylic oxidation sites excluding steroid dienone is 1. The molecule has 2 aromatic rings. The summed E-state index contributed by atoms with van der Waals surface area (Å²) in [6.45, 7) is 0.504. The molecular weight excluding hydrogens is 363 g/mol. The zero-order chi connectivity index (χ0) is 19.7. The van der Waals surface area contributed by atoms with Gasteiger partial charge in [-0.15, -0.1) is 0 Å². The maximum atomic E-state index is 13.4. The zero-order valence-corrected chi connectivity index (χ0v) is 15.1. The molecule has 0 bridgehead atoms. The lowest BCUT2D eigenvalue weighted by molar-refractivity contribution is -0.431. The van der Waals surface area contributed by atoms with E-state index in [1.54, 1.807) is 17.0 Å². The molecule has 0 aliphatic carbocycles. The van der Waals surface area contributed by atoms with Gasteiger partial charge < -0.3 is 9.64 Å². The number of ether oxygens (including phenoxy) is 1. The summed E-state index contributed by atoms with van der Waals surface area (Å²) < 4.78 is 18.8. The third kappa shape index (κ3) is 3.35. The van der Waals surface area contributed by atoms with E-state index in [4.69, 9.17) is 4.74 Å². The van der Waals surface area contributed by atoms with E-state index in [1.165, 1.54) is 12.1 Å². The van der Waals surface area contributed by atoms with Crippen molar-refractivity contribution in [3.05, 3.63) is 93.1 Å². The predicted octanol–water partition coefficient (Wildman–Crippen LogP) is 3.60. The lowest BCUT2D eigenvalue weighted by Crippen LogP contribution is -2.46. The molecule has 28 heavy (non-hydrogen) atoms. The van der Waals surface area contributed by atoms with Crippen LogP contribution in [0, 0.1) is 15.9 Å². The molecule has 0 unspecified atom stereocenters. The van der Waals surface area contributed by atoms with E-state index in [0.717, 1.165) is 23.0 Å². The van der Waals surface area contributed by atoms with Gasteiger partial charge in [-0.25, -0.2) is 4.39 Å². The fourth-order valence-corrected chi connectivity index (χ4v) is 3.88. The molecule has 2 aliphatic heterocycles. The van der Waals surface area contributed by atoms with Gasteiger partial charge in [0, 0.05) is 19.4 Å². The van der Waals surface area contributed by atoms with Gasteiger partial charge in [0.2, 0.25) is 0 Å². The maximum absolute atomic E-state index is 13.4. The lowest BCUT2D eigenvalue weighted by atomic mass is 9.87. The number of amides is 1. The highest BCUT2D eigenvalue weighted by Crippen LogP contribution is 2.36. The number of hydrogen-bond donors (Lipinski definition) is 0. The minimum atomic E-state index is -0.753. The second-order valence-corrected chi connectivity index (χ2v) is 6.96. The summed E-state index contributed by atoms with van der Waals surface area (Å²) in [5.74, 6) is -0.541. The summed E-state index contributed by atoms with van der Waals surface area (Å²) in [5, 5.41) is 10.9. The van der Waals surface area contributed by atoms with Crippen molar-refractivity contribution >= 4 is 5.91 Å². The molecule has 7 heteroatoms. The van der Waals surface area contributed by atoms with Crippen LogP contribution in [0.2, 0.25) is 0 Å². The molecule has 2 heterocycles. The Morgan fingerprint density at radius 1 is 1.14 bits per heavy atom. The van der Waals surface area contributed by atoms with E-state index in [2.05, 4.69) is 0 Å². The first-order valence-corrected chi connectivity index (χ1v) is 9.17. The summed E-state index contributed by atoms with van der Waals surface area (Å²) >= 11 is 0. The Kier molecular flexibility index (Phi) is 4.81. The molecule has 0 radical (unpaired) electrons. The number of carbonyl (C=O) groups excluding carboxylic acids is 1. The quantitative estimate of drug-likeness (QED) is 0.601. The minimum absolute atomic E-state index is 0.0249. The highest BCUT2D eigenvalue weighted by Gasteiger charge is 2.37. The smallest absolute Gasteiger partial charge is 0.280 e. The van der Waals surface area contributed by atoms with Crippen LogP contribution in [0.1, 0.15) is 35.6 Å². The first-order valence-electron chi connectivity index (χ1n) is 9.17. The molecule has 2 aliphatic rings. The topological polar surface area (TPSA) is 72.7 Å².